The van der Waals surface area contributed by atoms with Gasteiger partial charge < -0.3 is 15.7 Å². The van der Waals surface area contributed by atoms with Crippen LogP contribution in [0.1, 0.15) is 32.4 Å². The maximum atomic E-state index is 9.17. The van der Waals surface area contributed by atoms with Crippen LogP contribution in [0.25, 0.3) is 0 Å². The highest BCUT2D eigenvalue weighted by atomic mass is 16.3. The van der Waals surface area contributed by atoms with Gasteiger partial charge in [-0.05, 0) is 31.9 Å². The maximum Gasteiger partial charge on any atom is 0.129 e. The van der Waals surface area contributed by atoms with Gasteiger partial charge in [0.05, 0.1) is 18.0 Å². The van der Waals surface area contributed by atoms with Gasteiger partial charge in [0, 0.05) is 12.6 Å². The minimum atomic E-state index is 0.140. The average molecular weight is 237 g/mol. The molecule has 0 fully saturated rings. The third-order valence-corrected chi connectivity index (χ3v) is 3.13. The van der Waals surface area contributed by atoms with Crippen LogP contribution in [0, 0.1) is 6.92 Å². The third-order valence-electron chi connectivity index (χ3n) is 3.13. The highest BCUT2D eigenvalue weighted by Gasteiger charge is 2.16. The molecule has 0 aliphatic heterocycles. The van der Waals surface area contributed by atoms with Crippen LogP contribution in [-0.4, -0.2) is 29.3 Å². The van der Waals surface area contributed by atoms with Gasteiger partial charge in [-0.2, -0.15) is 0 Å². The number of aryl methyl sites for hydroxylation is 1. The lowest BCUT2D eigenvalue weighted by atomic mass is 10.1. The molecule has 0 amide bonds. The molecule has 0 unspecified atom stereocenters. The zero-order valence-corrected chi connectivity index (χ0v) is 11.0. The largest absolute Gasteiger partial charge is 0.397 e. The predicted molar refractivity (Wildman–Crippen MR) is 72.2 cm³/mol. The number of rotatable bonds is 6. The molecule has 0 aliphatic rings. The van der Waals surface area contributed by atoms with Gasteiger partial charge in [-0.3, -0.25) is 0 Å². The molecule has 0 bridgehead atoms. The number of aliphatic hydroxyl groups excluding tert-OH is 1. The normalized spacial score (nSPS) is 10.9. The summed E-state index contributed by atoms with van der Waals surface area (Å²) in [5, 5.41) is 9.17. The minimum Gasteiger partial charge on any atom is -0.397 e. The van der Waals surface area contributed by atoms with E-state index in [1.54, 1.807) is 0 Å². The van der Waals surface area contributed by atoms with Crippen LogP contribution >= 0.6 is 0 Å². The van der Waals surface area contributed by atoms with E-state index in [0.29, 0.717) is 18.3 Å². The fourth-order valence-electron chi connectivity index (χ4n) is 2.04. The first kappa shape index (κ1) is 13.8. The van der Waals surface area contributed by atoms with Crippen molar-refractivity contribution < 1.29 is 5.11 Å². The molecule has 1 rings (SSSR count). The topological polar surface area (TPSA) is 62.4 Å². The summed E-state index contributed by atoms with van der Waals surface area (Å²) in [7, 11) is 0. The number of hydrogen-bond acceptors (Lipinski definition) is 4. The molecule has 0 radical (unpaired) electrons. The Hall–Kier alpha value is -1.29. The number of pyridine rings is 1. The molecule has 4 nitrogen and oxygen atoms in total. The van der Waals surface area contributed by atoms with E-state index in [4.69, 9.17) is 10.8 Å². The summed E-state index contributed by atoms with van der Waals surface area (Å²) in [5.74, 6) is 0.902. The first-order valence-electron chi connectivity index (χ1n) is 6.24. The maximum absolute atomic E-state index is 9.17. The fourth-order valence-corrected chi connectivity index (χ4v) is 2.04. The third kappa shape index (κ3) is 3.33. The van der Waals surface area contributed by atoms with Crippen molar-refractivity contribution in [2.75, 3.05) is 23.8 Å². The molecule has 0 atom stereocenters. The van der Waals surface area contributed by atoms with Crippen molar-refractivity contribution in [3.63, 3.8) is 0 Å². The summed E-state index contributed by atoms with van der Waals surface area (Å²) in [5.41, 5.74) is 7.33. The van der Waals surface area contributed by atoms with Crippen LogP contribution in [0.5, 0.6) is 0 Å². The van der Waals surface area contributed by atoms with Crippen LogP contribution in [0.4, 0.5) is 11.5 Å². The first-order chi connectivity index (χ1) is 8.13. The summed E-state index contributed by atoms with van der Waals surface area (Å²) in [6, 6.07) is 4.22. The molecule has 0 saturated heterocycles. The number of nitrogen functional groups attached to an aromatic ring is 1. The van der Waals surface area contributed by atoms with Gasteiger partial charge in [-0.15, -0.1) is 0 Å². The highest BCUT2D eigenvalue weighted by molar-refractivity contribution is 5.50. The molecular weight excluding hydrogens is 214 g/mol. The van der Waals surface area contributed by atoms with Crippen LogP contribution < -0.4 is 10.6 Å². The zero-order valence-electron chi connectivity index (χ0n) is 11.0. The number of aromatic nitrogens is 1. The van der Waals surface area contributed by atoms with Crippen LogP contribution in [0.3, 0.4) is 0 Å². The van der Waals surface area contributed by atoms with E-state index in [2.05, 4.69) is 23.7 Å². The van der Waals surface area contributed by atoms with Crippen LogP contribution in [0.15, 0.2) is 12.1 Å². The average Bonchev–Trinajstić information content (AvgIpc) is 2.33. The summed E-state index contributed by atoms with van der Waals surface area (Å²) in [6.45, 7) is 6.97. The van der Waals surface area contributed by atoms with Gasteiger partial charge in [0.15, 0.2) is 0 Å². The lowest BCUT2D eigenvalue weighted by molar-refractivity contribution is 0.295. The Labute approximate surface area is 103 Å². The Morgan fingerprint density at radius 1 is 1.35 bits per heavy atom. The van der Waals surface area contributed by atoms with E-state index < -0.39 is 0 Å². The van der Waals surface area contributed by atoms with E-state index >= 15 is 0 Å². The molecule has 1 heterocycles. The van der Waals surface area contributed by atoms with E-state index in [-0.39, 0.29) is 6.61 Å². The molecule has 0 saturated carbocycles. The van der Waals surface area contributed by atoms with Gasteiger partial charge >= 0.3 is 0 Å². The second kappa shape index (κ2) is 6.45. The monoisotopic (exact) mass is 237 g/mol. The Bertz CT molecular complexity index is 351. The quantitative estimate of drug-likeness (QED) is 0.794. The molecular formula is C13H23N3O. The molecule has 0 aromatic carbocycles. The summed E-state index contributed by atoms with van der Waals surface area (Å²) in [4.78, 5) is 6.66. The fraction of sp³-hybridized carbons (Fsp3) is 0.615. The second-order valence-electron chi connectivity index (χ2n) is 4.23. The van der Waals surface area contributed by atoms with Crippen molar-refractivity contribution >= 4 is 11.5 Å². The number of aliphatic hydroxyl groups is 1. The smallest absolute Gasteiger partial charge is 0.129 e. The van der Waals surface area contributed by atoms with Crippen molar-refractivity contribution in [3.05, 3.63) is 17.8 Å². The molecule has 17 heavy (non-hydrogen) atoms. The Balaban J connectivity index is 2.99. The number of nitrogens with two attached hydrogens (primary N) is 1. The highest BCUT2D eigenvalue weighted by Crippen LogP contribution is 2.20. The lowest BCUT2D eigenvalue weighted by Crippen LogP contribution is -2.37. The summed E-state index contributed by atoms with van der Waals surface area (Å²) >= 11 is 0. The minimum absolute atomic E-state index is 0.140. The standard InChI is InChI=1S/C13H23N3O/c1-4-11(5-2)16(8-9-17)13-7-6-12(14)10(3)15-13/h6-7,11,17H,4-5,8-9,14H2,1-3H3. The Morgan fingerprint density at radius 3 is 2.47 bits per heavy atom. The van der Waals surface area contributed by atoms with Crippen LogP contribution in [-0.2, 0) is 0 Å². The van der Waals surface area contributed by atoms with E-state index in [0.717, 1.165) is 24.4 Å². The Kier molecular flexibility index (Phi) is 5.22. The van der Waals surface area contributed by atoms with Gasteiger partial charge in [-0.25, -0.2) is 4.98 Å². The predicted octanol–water partition coefficient (Wildman–Crippen LogP) is 1.96. The van der Waals surface area contributed by atoms with Crippen LogP contribution in [0.2, 0.25) is 0 Å². The molecule has 0 aliphatic carbocycles. The molecule has 1 aromatic rings. The van der Waals surface area contributed by atoms with E-state index in [9.17, 15) is 0 Å². The molecule has 1 aromatic heterocycles. The first-order valence-corrected chi connectivity index (χ1v) is 6.24. The van der Waals surface area contributed by atoms with E-state index in [1.807, 2.05) is 19.1 Å². The number of anilines is 2. The van der Waals surface area contributed by atoms with E-state index in [1.165, 1.54) is 0 Å². The van der Waals surface area contributed by atoms with Crippen molar-refractivity contribution in [1.29, 1.82) is 0 Å². The lowest BCUT2D eigenvalue weighted by Gasteiger charge is -2.31. The van der Waals surface area contributed by atoms with Crippen molar-refractivity contribution in [2.24, 2.45) is 0 Å². The summed E-state index contributed by atoms with van der Waals surface area (Å²) in [6.07, 6.45) is 2.09. The number of hydrogen-bond donors (Lipinski definition) is 2. The SMILES string of the molecule is CCC(CC)N(CCO)c1ccc(N)c(C)n1. The van der Waals surface area contributed by atoms with Crippen molar-refractivity contribution in [2.45, 2.75) is 39.7 Å². The molecule has 96 valence electrons. The number of nitrogens with zero attached hydrogens (tertiary/aromatic N) is 2. The Morgan fingerprint density at radius 2 is 2.00 bits per heavy atom. The van der Waals surface area contributed by atoms with Gasteiger partial charge in [0.2, 0.25) is 0 Å². The van der Waals surface area contributed by atoms with Gasteiger partial charge in [-0.1, -0.05) is 13.8 Å². The second-order valence-corrected chi connectivity index (χ2v) is 4.23. The molecule has 0 spiro atoms. The molecule has 3 N–H and O–H groups in total. The van der Waals surface area contributed by atoms with Gasteiger partial charge in [0.1, 0.15) is 5.82 Å². The zero-order chi connectivity index (χ0) is 12.8. The van der Waals surface area contributed by atoms with Crippen molar-refractivity contribution in [1.82, 2.24) is 4.98 Å². The summed E-state index contributed by atoms with van der Waals surface area (Å²) < 4.78 is 0. The van der Waals surface area contributed by atoms with Crippen molar-refractivity contribution in [3.8, 4) is 0 Å². The molecule has 4 heteroatoms. The van der Waals surface area contributed by atoms with Gasteiger partial charge in [0.25, 0.3) is 0 Å².